The Morgan fingerprint density at radius 1 is 0.933 bits per heavy atom. The molecule has 0 spiro atoms. The average Bonchev–Trinajstić information content (AvgIpc) is 2.81. The molecule has 1 aromatic heterocycles. The summed E-state index contributed by atoms with van der Waals surface area (Å²) in [6.45, 7) is 3.49. The molecule has 30 heavy (non-hydrogen) atoms. The number of nitrogens with zero attached hydrogens (tertiary/aromatic N) is 3. The molecule has 0 unspecified atom stereocenters. The highest BCUT2D eigenvalue weighted by atomic mass is 32.2. The molecule has 2 aromatic rings. The lowest BCUT2D eigenvalue weighted by molar-refractivity contribution is 0.0730. The van der Waals surface area contributed by atoms with Gasteiger partial charge in [0.1, 0.15) is 5.82 Å². The molecule has 160 valence electrons. The topological polar surface area (TPSA) is 91.8 Å². The number of hydrogen-bond donors (Lipinski definition) is 1. The third-order valence-electron chi connectivity index (χ3n) is 5.41. The Morgan fingerprint density at radius 3 is 2.27 bits per heavy atom. The van der Waals surface area contributed by atoms with Crippen LogP contribution >= 0.6 is 0 Å². The van der Waals surface area contributed by atoms with Crippen LogP contribution in [0.3, 0.4) is 0 Å². The van der Waals surface area contributed by atoms with Crippen LogP contribution in [0.1, 0.15) is 29.6 Å². The van der Waals surface area contributed by atoms with Gasteiger partial charge in [0, 0.05) is 31.7 Å². The number of sulfonamides is 1. The first-order valence-electron chi connectivity index (χ1n) is 10.2. The van der Waals surface area contributed by atoms with E-state index in [0.717, 1.165) is 18.9 Å². The van der Waals surface area contributed by atoms with Gasteiger partial charge in [0.15, 0.2) is 0 Å². The molecule has 3 heterocycles. The second-order valence-electron chi connectivity index (χ2n) is 7.45. The molecule has 0 radical (unpaired) electrons. The predicted octanol–water partition coefficient (Wildman–Crippen LogP) is 2.35. The monoisotopic (exact) mass is 430 g/mol. The van der Waals surface area contributed by atoms with E-state index in [1.54, 1.807) is 6.20 Å². The second-order valence-corrected chi connectivity index (χ2v) is 9.39. The summed E-state index contributed by atoms with van der Waals surface area (Å²) in [6, 6.07) is 9.75. The molecule has 8 nitrogen and oxygen atoms in total. The molecule has 2 aliphatic rings. The van der Waals surface area contributed by atoms with Gasteiger partial charge >= 0.3 is 0 Å². The maximum absolute atomic E-state index is 12.7. The molecule has 0 bridgehead atoms. The van der Waals surface area contributed by atoms with Crippen LogP contribution in [0, 0.1) is 0 Å². The van der Waals surface area contributed by atoms with Crippen molar-refractivity contribution in [3.05, 3.63) is 48.2 Å². The van der Waals surface area contributed by atoms with Gasteiger partial charge in [-0.3, -0.25) is 4.79 Å². The van der Waals surface area contributed by atoms with E-state index < -0.39 is 10.0 Å². The van der Waals surface area contributed by atoms with Crippen molar-refractivity contribution in [3.8, 4) is 0 Å². The van der Waals surface area contributed by atoms with Gasteiger partial charge in [0.2, 0.25) is 10.0 Å². The number of amides is 1. The molecule has 2 aliphatic heterocycles. The van der Waals surface area contributed by atoms with Crippen LogP contribution in [0.2, 0.25) is 0 Å². The van der Waals surface area contributed by atoms with Crippen molar-refractivity contribution in [2.75, 3.05) is 49.6 Å². The van der Waals surface area contributed by atoms with Crippen LogP contribution in [-0.2, 0) is 14.8 Å². The minimum absolute atomic E-state index is 0.175. The molecule has 1 aromatic carbocycles. The van der Waals surface area contributed by atoms with Crippen molar-refractivity contribution < 1.29 is 17.9 Å². The third kappa shape index (κ3) is 4.63. The lowest BCUT2D eigenvalue weighted by atomic mass is 10.1. The van der Waals surface area contributed by atoms with Crippen LogP contribution in [0.25, 0.3) is 0 Å². The molecule has 4 rings (SSSR count). The van der Waals surface area contributed by atoms with Crippen molar-refractivity contribution in [2.45, 2.75) is 24.2 Å². The highest BCUT2D eigenvalue weighted by Crippen LogP contribution is 2.20. The molecule has 9 heteroatoms. The summed E-state index contributed by atoms with van der Waals surface area (Å²) in [6.07, 6.45) is 5.27. The maximum Gasteiger partial charge on any atom is 0.255 e. The molecule has 1 N–H and O–H groups in total. The zero-order valence-corrected chi connectivity index (χ0v) is 17.6. The normalized spacial score (nSPS) is 18.2. The first kappa shape index (κ1) is 20.8. The number of benzene rings is 1. The van der Waals surface area contributed by atoms with Crippen LogP contribution in [-0.4, -0.2) is 63.0 Å². The van der Waals surface area contributed by atoms with E-state index in [1.807, 2.05) is 12.1 Å². The van der Waals surface area contributed by atoms with Gasteiger partial charge in [0.05, 0.1) is 30.0 Å². The second kappa shape index (κ2) is 9.11. The van der Waals surface area contributed by atoms with Gasteiger partial charge in [-0.2, -0.15) is 4.31 Å². The number of nitrogens with one attached hydrogen (secondary N) is 1. The summed E-state index contributed by atoms with van der Waals surface area (Å²) in [5.74, 6) is 0.614. The molecule has 2 saturated heterocycles. The van der Waals surface area contributed by atoms with Gasteiger partial charge in [0.25, 0.3) is 5.91 Å². The van der Waals surface area contributed by atoms with E-state index in [9.17, 15) is 13.2 Å². The molecule has 0 saturated carbocycles. The highest BCUT2D eigenvalue weighted by Gasteiger charge is 2.26. The Bertz CT molecular complexity index is 965. The lowest BCUT2D eigenvalue weighted by Crippen LogP contribution is -2.40. The van der Waals surface area contributed by atoms with Crippen molar-refractivity contribution in [3.63, 3.8) is 0 Å². The fraction of sp³-hybridized carbons (Fsp3) is 0.429. The molecular weight excluding hydrogens is 404 g/mol. The zero-order chi connectivity index (χ0) is 21.0. The first-order valence-corrected chi connectivity index (χ1v) is 11.7. The minimum atomic E-state index is -3.57. The number of pyridine rings is 1. The third-order valence-corrected chi connectivity index (χ3v) is 7.32. The zero-order valence-electron chi connectivity index (χ0n) is 16.8. The minimum Gasteiger partial charge on any atom is -0.379 e. The lowest BCUT2D eigenvalue weighted by Gasteiger charge is -2.27. The molecule has 1 amide bonds. The summed E-state index contributed by atoms with van der Waals surface area (Å²) in [5, 5.41) is 2.81. The fourth-order valence-electron chi connectivity index (χ4n) is 3.69. The standard InChI is InChI=1S/C21H26N4O4S/c26-21(23-18-6-9-20(22-16-18)24-10-2-1-3-11-24)17-4-7-19(8-5-17)30(27,28)25-12-14-29-15-13-25/h4-9,16H,1-3,10-15H2,(H,23,26). The SMILES string of the molecule is O=C(Nc1ccc(N2CCCCC2)nc1)c1ccc(S(=O)(=O)N2CCOCC2)cc1. The van der Waals surface area contributed by atoms with E-state index >= 15 is 0 Å². The van der Waals surface area contributed by atoms with E-state index in [0.29, 0.717) is 37.6 Å². The molecule has 0 atom stereocenters. The number of morpholine rings is 1. The Labute approximate surface area is 176 Å². The van der Waals surface area contributed by atoms with Gasteiger partial charge in [-0.1, -0.05) is 0 Å². The van der Waals surface area contributed by atoms with Crippen molar-refractivity contribution >= 4 is 27.4 Å². The Kier molecular flexibility index (Phi) is 6.31. The van der Waals surface area contributed by atoms with Gasteiger partial charge in [-0.05, 0) is 55.7 Å². The summed E-state index contributed by atoms with van der Waals surface area (Å²) < 4.78 is 32.0. The number of hydrogen-bond acceptors (Lipinski definition) is 6. The quantitative estimate of drug-likeness (QED) is 0.783. The number of anilines is 2. The summed E-state index contributed by atoms with van der Waals surface area (Å²) >= 11 is 0. The number of carbonyl (C=O) groups excluding carboxylic acids is 1. The van der Waals surface area contributed by atoms with Crippen molar-refractivity contribution in [1.29, 1.82) is 0 Å². The van der Waals surface area contributed by atoms with Gasteiger partial charge < -0.3 is 15.0 Å². The molecule has 0 aliphatic carbocycles. The average molecular weight is 431 g/mol. The van der Waals surface area contributed by atoms with Crippen molar-refractivity contribution in [2.24, 2.45) is 0 Å². The Morgan fingerprint density at radius 2 is 1.63 bits per heavy atom. The Hall–Kier alpha value is -2.49. The Balaban J connectivity index is 1.40. The van der Waals surface area contributed by atoms with E-state index in [1.165, 1.54) is 47.8 Å². The number of ether oxygens (including phenoxy) is 1. The van der Waals surface area contributed by atoms with E-state index in [2.05, 4.69) is 15.2 Å². The smallest absolute Gasteiger partial charge is 0.255 e. The first-order chi connectivity index (χ1) is 14.5. The largest absolute Gasteiger partial charge is 0.379 e. The maximum atomic E-state index is 12.7. The number of carbonyl (C=O) groups is 1. The number of aromatic nitrogens is 1. The van der Waals surface area contributed by atoms with Gasteiger partial charge in [-0.25, -0.2) is 13.4 Å². The highest BCUT2D eigenvalue weighted by molar-refractivity contribution is 7.89. The van der Waals surface area contributed by atoms with Gasteiger partial charge in [-0.15, -0.1) is 0 Å². The van der Waals surface area contributed by atoms with E-state index in [4.69, 9.17) is 4.74 Å². The summed E-state index contributed by atoms with van der Waals surface area (Å²) in [7, 11) is -3.57. The molecular formula is C21H26N4O4S. The summed E-state index contributed by atoms with van der Waals surface area (Å²) in [5.41, 5.74) is 0.988. The predicted molar refractivity (Wildman–Crippen MR) is 114 cm³/mol. The van der Waals surface area contributed by atoms with Crippen molar-refractivity contribution in [1.82, 2.24) is 9.29 Å². The summed E-state index contributed by atoms with van der Waals surface area (Å²) in [4.78, 5) is 19.4. The molecule has 2 fully saturated rings. The van der Waals surface area contributed by atoms with Crippen LogP contribution < -0.4 is 10.2 Å². The number of piperidine rings is 1. The fourth-order valence-corrected chi connectivity index (χ4v) is 5.10. The number of rotatable bonds is 5. The van der Waals surface area contributed by atoms with E-state index in [-0.39, 0.29) is 10.8 Å². The van der Waals surface area contributed by atoms with Crippen LogP contribution in [0.5, 0.6) is 0 Å². The van der Waals surface area contributed by atoms with Crippen LogP contribution in [0.4, 0.5) is 11.5 Å². The van der Waals surface area contributed by atoms with Crippen LogP contribution in [0.15, 0.2) is 47.5 Å².